The molecule has 0 spiro atoms. The van der Waals surface area contributed by atoms with Crippen LogP contribution in [0.4, 0.5) is 0 Å². The van der Waals surface area contributed by atoms with E-state index < -0.39 is 0 Å². The maximum Gasteiger partial charge on any atom is 0.287 e. The second kappa shape index (κ2) is 11.6. The van der Waals surface area contributed by atoms with Crippen LogP contribution in [0.15, 0.2) is 27.8 Å². The molecule has 0 aromatic carbocycles. The van der Waals surface area contributed by atoms with Crippen LogP contribution >= 0.6 is 0 Å². The average Bonchev–Trinajstić information content (AvgIpc) is 3.21. The molecule has 8 heteroatoms. The molecule has 2 rings (SSSR count). The number of carbonyl (C=O) groups excluding carboxylic acids is 1. The highest BCUT2D eigenvalue weighted by atomic mass is 16.5. The third-order valence-electron chi connectivity index (χ3n) is 4.48. The van der Waals surface area contributed by atoms with Crippen molar-refractivity contribution in [2.75, 3.05) is 53.0 Å². The fraction of sp³-hybridized carbons (Fsp3) is 0.684. The number of amides is 1. The SMILES string of the molecule is CN=C(NCCNC(=O)c1ccco1)NCC(CC(C)C)N1CCOCC1. The van der Waals surface area contributed by atoms with E-state index in [4.69, 9.17) is 9.15 Å². The van der Waals surface area contributed by atoms with Gasteiger partial charge in [-0.25, -0.2) is 0 Å². The van der Waals surface area contributed by atoms with Crippen LogP contribution in [0.5, 0.6) is 0 Å². The molecule has 27 heavy (non-hydrogen) atoms. The molecule has 1 aliphatic heterocycles. The summed E-state index contributed by atoms with van der Waals surface area (Å²) in [6, 6.07) is 3.79. The van der Waals surface area contributed by atoms with Gasteiger partial charge in [-0.05, 0) is 24.5 Å². The summed E-state index contributed by atoms with van der Waals surface area (Å²) in [6.45, 7) is 9.96. The van der Waals surface area contributed by atoms with E-state index in [2.05, 4.69) is 39.7 Å². The van der Waals surface area contributed by atoms with E-state index in [0.717, 1.165) is 45.2 Å². The maximum atomic E-state index is 11.8. The molecule has 1 saturated heterocycles. The van der Waals surface area contributed by atoms with Crippen molar-refractivity contribution in [1.82, 2.24) is 20.9 Å². The van der Waals surface area contributed by atoms with Gasteiger partial charge in [-0.1, -0.05) is 13.8 Å². The predicted molar refractivity (Wildman–Crippen MR) is 106 cm³/mol. The number of morpholine rings is 1. The van der Waals surface area contributed by atoms with Gasteiger partial charge in [0.05, 0.1) is 19.5 Å². The third-order valence-corrected chi connectivity index (χ3v) is 4.48. The molecule has 1 amide bonds. The van der Waals surface area contributed by atoms with Gasteiger partial charge in [-0.2, -0.15) is 0 Å². The molecule has 1 aromatic rings. The number of hydrogen-bond acceptors (Lipinski definition) is 5. The summed E-state index contributed by atoms with van der Waals surface area (Å²) in [6.07, 6.45) is 2.62. The van der Waals surface area contributed by atoms with Gasteiger partial charge in [0.25, 0.3) is 5.91 Å². The molecular formula is C19H33N5O3. The van der Waals surface area contributed by atoms with Gasteiger partial charge < -0.3 is 25.1 Å². The molecule has 8 nitrogen and oxygen atoms in total. The first-order valence-corrected chi connectivity index (χ1v) is 9.68. The molecule has 0 bridgehead atoms. The van der Waals surface area contributed by atoms with Gasteiger partial charge in [0, 0.05) is 45.8 Å². The molecule has 1 atom stereocenters. The lowest BCUT2D eigenvalue weighted by atomic mass is 10.0. The first kappa shape index (κ1) is 21.2. The highest BCUT2D eigenvalue weighted by Crippen LogP contribution is 2.12. The van der Waals surface area contributed by atoms with Crippen LogP contribution < -0.4 is 16.0 Å². The van der Waals surface area contributed by atoms with Crippen molar-refractivity contribution in [2.45, 2.75) is 26.3 Å². The molecule has 1 aromatic heterocycles. The molecule has 2 heterocycles. The number of nitrogens with one attached hydrogen (secondary N) is 3. The van der Waals surface area contributed by atoms with Crippen LogP contribution in [0.25, 0.3) is 0 Å². The minimum atomic E-state index is -0.214. The van der Waals surface area contributed by atoms with Gasteiger partial charge in [0.15, 0.2) is 11.7 Å². The van der Waals surface area contributed by atoms with Crippen molar-refractivity contribution in [3.05, 3.63) is 24.2 Å². The molecule has 0 aliphatic carbocycles. The van der Waals surface area contributed by atoms with Crippen molar-refractivity contribution in [3.63, 3.8) is 0 Å². The topological polar surface area (TPSA) is 91.1 Å². The fourth-order valence-electron chi connectivity index (χ4n) is 3.14. The number of guanidine groups is 1. The highest BCUT2D eigenvalue weighted by Gasteiger charge is 2.22. The predicted octanol–water partition coefficient (Wildman–Crippen LogP) is 0.921. The normalized spacial score (nSPS) is 17.0. The Hall–Kier alpha value is -2.06. The molecule has 1 aliphatic rings. The van der Waals surface area contributed by atoms with E-state index in [-0.39, 0.29) is 5.91 Å². The number of ether oxygens (including phenoxy) is 1. The van der Waals surface area contributed by atoms with E-state index in [1.54, 1.807) is 19.2 Å². The first-order valence-electron chi connectivity index (χ1n) is 9.68. The van der Waals surface area contributed by atoms with Crippen molar-refractivity contribution in [3.8, 4) is 0 Å². The van der Waals surface area contributed by atoms with Gasteiger partial charge in [0.2, 0.25) is 0 Å². The lowest BCUT2D eigenvalue weighted by Crippen LogP contribution is -2.51. The molecular weight excluding hydrogens is 346 g/mol. The summed E-state index contributed by atoms with van der Waals surface area (Å²) < 4.78 is 10.5. The zero-order valence-corrected chi connectivity index (χ0v) is 16.7. The summed E-state index contributed by atoms with van der Waals surface area (Å²) in [7, 11) is 1.75. The summed E-state index contributed by atoms with van der Waals surface area (Å²) in [5, 5.41) is 9.45. The maximum absolute atomic E-state index is 11.8. The molecule has 1 fully saturated rings. The Morgan fingerprint density at radius 3 is 2.59 bits per heavy atom. The first-order chi connectivity index (χ1) is 13.1. The summed E-state index contributed by atoms with van der Waals surface area (Å²) >= 11 is 0. The Balaban J connectivity index is 1.71. The zero-order valence-electron chi connectivity index (χ0n) is 16.7. The molecule has 1 unspecified atom stereocenters. The second-order valence-corrected chi connectivity index (χ2v) is 7.04. The van der Waals surface area contributed by atoms with Crippen molar-refractivity contribution < 1.29 is 13.9 Å². The van der Waals surface area contributed by atoms with Gasteiger partial charge in [-0.15, -0.1) is 0 Å². The summed E-state index contributed by atoms with van der Waals surface area (Å²) in [5.41, 5.74) is 0. The van der Waals surface area contributed by atoms with Crippen LogP contribution in [0.1, 0.15) is 30.8 Å². The Morgan fingerprint density at radius 1 is 1.22 bits per heavy atom. The number of furan rings is 1. The lowest BCUT2D eigenvalue weighted by Gasteiger charge is -2.35. The highest BCUT2D eigenvalue weighted by molar-refractivity contribution is 5.91. The number of nitrogens with zero attached hydrogens (tertiary/aromatic N) is 2. The van der Waals surface area contributed by atoms with Crippen LogP contribution in [-0.2, 0) is 4.74 Å². The zero-order chi connectivity index (χ0) is 19.5. The smallest absolute Gasteiger partial charge is 0.287 e. The standard InChI is InChI=1S/C19H33N5O3/c1-15(2)13-16(24-8-11-26-12-9-24)14-23-19(20-3)22-7-6-21-18(25)17-5-4-10-27-17/h4-5,10,15-16H,6-9,11-14H2,1-3H3,(H,21,25)(H2,20,22,23). The van der Waals surface area contributed by atoms with Gasteiger partial charge >= 0.3 is 0 Å². The van der Waals surface area contributed by atoms with Crippen molar-refractivity contribution in [1.29, 1.82) is 0 Å². The average molecular weight is 380 g/mol. The van der Waals surface area contributed by atoms with Gasteiger partial charge in [-0.3, -0.25) is 14.7 Å². The Bertz CT molecular complexity index is 568. The second-order valence-electron chi connectivity index (χ2n) is 7.04. The third kappa shape index (κ3) is 7.60. The van der Waals surface area contributed by atoms with Crippen LogP contribution in [0.3, 0.4) is 0 Å². The number of rotatable bonds is 9. The van der Waals surface area contributed by atoms with E-state index in [1.165, 1.54) is 6.26 Å². The lowest BCUT2D eigenvalue weighted by molar-refractivity contribution is 0.0132. The van der Waals surface area contributed by atoms with E-state index >= 15 is 0 Å². The van der Waals surface area contributed by atoms with Crippen LogP contribution in [-0.4, -0.2) is 75.8 Å². The summed E-state index contributed by atoms with van der Waals surface area (Å²) in [5.74, 6) is 1.48. The minimum Gasteiger partial charge on any atom is -0.459 e. The minimum absolute atomic E-state index is 0.214. The quantitative estimate of drug-likeness (QED) is 0.336. The Morgan fingerprint density at radius 2 is 1.96 bits per heavy atom. The number of hydrogen-bond donors (Lipinski definition) is 3. The Labute approximate surface area is 161 Å². The molecule has 0 radical (unpaired) electrons. The van der Waals surface area contributed by atoms with Crippen molar-refractivity contribution in [2.24, 2.45) is 10.9 Å². The molecule has 3 N–H and O–H groups in total. The van der Waals surface area contributed by atoms with E-state index in [0.29, 0.717) is 30.8 Å². The number of aliphatic imine (C=N–C) groups is 1. The van der Waals surface area contributed by atoms with E-state index in [1.807, 2.05) is 0 Å². The van der Waals surface area contributed by atoms with Gasteiger partial charge in [0.1, 0.15) is 0 Å². The largest absolute Gasteiger partial charge is 0.459 e. The fourth-order valence-corrected chi connectivity index (χ4v) is 3.14. The van der Waals surface area contributed by atoms with Crippen LogP contribution in [0, 0.1) is 5.92 Å². The summed E-state index contributed by atoms with van der Waals surface area (Å²) in [4.78, 5) is 18.6. The van der Waals surface area contributed by atoms with E-state index in [9.17, 15) is 4.79 Å². The molecule has 0 saturated carbocycles. The number of carbonyl (C=O) groups is 1. The monoisotopic (exact) mass is 379 g/mol. The van der Waals surface area contributed by atoms with Crippen molar-refractivity contribution >= 4 is 11.9 Å². The van der Waals surface area contributed by atoms with Crippen LogP contribution in [0.2, 0.25) is 0 Å². The molecule has 152 valence electrons. The Kier molecular flexibility index (Phi) is 9.13.